The number of halogens is 1. The smallest absolute Gasteiger partial charge is 0.240 e. The maximum absolute atomic E-state index is 12.0. The number of carbonyl (C=O) groups is 1. The number of piperazine rings is 1. The zero-order valence-electron chi connectivity index (χ0n) is 12.2. The molecule has 2 rings (SSSR count). The Kier molecular flexibility index (Phi) is 4.50. The van der Waals surface area contributed by atoms with Crippen molar-refractivity contribution in [3.05, 3.63) is 22.8 Å². The van der Waals surface area contributed by atoms with Crippen molar-refractivity contribution in [2.24, 2.45) is 0 Å². The van der Waals surface area contributed by atoms with Crippen molar-refractivity contribution in [1.82, 2.24) is 15.2 Å². The van der Waals surface area contributed by atoms with Gasteiger partial charge in [-0.15, -0.1) is 0 Å². The van der Waals surface area contributed by atoms with Crippen LogP contribution in [0.2, 0.25) is 5.02 Å². The Morgan fingerprint density at radius 1 is 1.50 bits per heavy atom. The van der Waals surface area contributed by atoms with Crippen molar-refractivity contribution in [2.75, 3.05) is 25.0 Å². The van der Waals surface area contributed by atoms with Gasteiger partial charge in [-0.3, -0.25) is 9.69 Å². The van der Waals surface area contributed by atoms with Gasteiger partial charge in [-0.2, -0.15) is 0 Å². The first-order valence-electron chi connectivity index (χ1n) is 6.87. The molecule has 1 fully saturated rings. The average Bonchev–Trinajstić information content (AvgIpc) is 2.39. The number of carbonyl (C=O) groups excluding carboxylic acids is 1. The minimum Gasteiger partial charge on any atom is -0.370 e. The quantitative estimate of drug-likeness (QED) is 0.891. The van der Waals surface area contributed by atoms with E-state index in [0.717, 1.165) is 24.6 Å². The molecule has 0 spiro atoms. The third kappa shape index (κ3) is 3.04. The Morgan fingerprint density at radius 3 is 2.95 bits per heavy atom. The number of hydrogen-bond donors (Lipinski definition) is 2. The maximum atomic E-state index is 12.0. The molecule has 1 saturated heterocycles. The molecule has 1 aromatic heterocycles. The van der Waals surface area contributed by atoms with Crippen LogP contribution in [-0.4, -0.2) is 41.0 Å². The van der Waals surface area contributed by atoms with E-state index in [1.54, 1.807) is 0 Å². The summed E-state index contributed by atoms with van der Waals surface area (Å²) in [6.07, 6.45) is 0. The van der Waals surface area contributed by atoms with Crippen molar-refractivity contribution in [2.45, 2.75) is 32.9 Å². The molecule has 1 aliphatic heterocycles. The Morgan fingerprint density at radius 2 is 2.25 bits per heavy atom. The first kappa shape index (κ1) is 15.1. The van der Waals surface area contributed by atoms with Gasteiger partial charge in [-0.1, -0.05) is 11.6 Å². The summed E-state index contributed by atoms with van der Waals surface area (Å²) in [6.45, 7) is 8.69. The van der Waals surface area contributed by atoms with Gasteiger partial charge in [0.25, 0.3) is 0 Å². The van der Waals surface area contributed by atoms with E-state index >= 15 is 0 Å². The van der Waals surface area contributed by atoms with E-state index in [-0.39, 0.29) is 5.91 Å². The molecule has 6 heteroatoms. The van der Waals surface area contributed by atoms with Crippen molar-refractivity contribution < 1.29 is 4.79 Å². The summed E-state index contributed by atoms with van der Waals surface area (Å²) in [7, 11) is 0. The molecule has 0 aliphatic carbocycles. The molecular formula is C14H21ClN4O. The molecule has 5 nitrogen and oxygen atoms in total. The molecule has 1 aliphatic rings. The SMILES string of the molecule is CCNc1ccc(Cl)c(CN2CCNC(=O)C2(C)C)n1. The number of nitrogens with zero attached hydrogens (tertiary/aromatic N) is 2. The first-order chi connectivity index (χ1) is 9.45. The second-order valence-corrected chi connectivity index (χ2v) is 5.80. The zero-order chi connectivity index (χ0) is 14.8. The molecule has 110 valence electrons. The van der Waals surface area contributed by atoms with E-state index in [9.17, 15) is 4.79 Å². The molecule has 0 atom stereocenters. The van der Waals surface area contributed by atoms with Gasteiger partial charge < -0.3 is 10.6 Å². The van der Waals surface area contributed by atoms with Crippen molar-refractivity contribution in [1.29, 1.82) is 0 Å². The van der Waals surface area contributed by atoms with Crippen LogP contribution >= 0.6 is 11.6 Å². The van der Waals surface area contributed by atoms with E-state index in [0.29, 0.717) is 18.1 Å². The van der Waals surface area contributed by atoms with Gasteiger partial charge in [0.05, 0.1) is 16.3 Å². The summed E-state index contributed by atoms with van der Waals surface area (Å²) in [5, 5.41) is 6.70. The van der Waals surface area contributed by atoms with Crippen LogP contribution in [0, 0.1) is 0 Å². The largest absolute Gasteiger partial charge is 0.370 e. The van der Waals surface area contributed by atoms with Gasteiger partial charge in [0.15, 0.2) is 0 Å². The van der Waals surface area contributed by atoms with Gasteiger partial charge in [0.1, 0.15) is 5.82 Å². The van der Waals surface area contributed by atoms with Crippen LogP contribution in [0.15, 0.2) is 12.1 Å². The molecule has 1 aromatic rings. The standard InChI is InChI=1S/C14H21ClN4O/c1-4-16-12-6-5-10(15)11(18-12)9-19-8-7-17-13(20)14(19,2)3/h5-6H,4,7-9H2,1-3H3,(H,16,18)(H,17,20). The van der Waals surface area contributed by atoms with Gasteiger partial charge in [-0.05, 0) is 32.9 Å². The summed E-state index contributed by atoms with van der Waals surface area (Å²) in [5.74, 6) is 0.855. The minimum atomic E-state index is -0.544. The highest BCUT2D eigenvalue weighted by Gasteiger charge is 2.37. The number of rotatable bonds is 4. The summed E-state index contributed by atoms with van der Waals surface area (Å²) in [6, 6.07) is 3.71. The molecule has 0 bridgehead atoms. The molecule has 2 heterocycles. The van der Waals surface area contributed by atoms with Crippen LogP contribution in [0.1, 0.15) is 26.5 Å². The van der Waals surface area contributed by atoms with E-state index in [1.807, 2.05) is 32.9 Å². The van der Waals surface area contributed by atoms with Gasteiger partial charge in [0.2, 0.25) is 5.91 Å². The lowest BCUT2D eigenvalue weighted by atomic mass is 9.98. The lowest BCUT2D eigenvalue weighted by Crippen LogP contribution is -2.61. The second-order valence-electron chi connectivity index (χ2n) is 5.39. The van der Waals surface area contributed by atoms with Gasteiger partial charge in [0, 0.05) is 26.2 Å². The molecule has 1 amide bonds. The summed E-state index contributed by atoms with van der Waals surface area (Å²) in [5.41, 5.74) is 0.255. The van der Waals surface area contributed by atoms with E-state index in [2.05, 4.69) is 20.5 Å². The van der Waals surface area contributed by atoms with Crippen molar-refractivity contribution >= 4 is 23.3 Å². The molecule has 20 heavy (non-hydrogen) atoms. The number of pyridine rings is 1. The highest BCUT2D eigenvalue weighted by molar-refractivity contribution is 6.31. The third-order valence-electron chi connectivity index (χ3n) is 3.63. The lowest BCUT2D eigenvalue weighted by Gasteiger charge is -2.41. The van der Waals surface area contributed by atoms with Gasteiger partial charge >= 0.3 is 0 Å². The average molecular weight is 297 g/mol. The predicted molar refractivity (Wildman–Crippen MR) is 80.9 cm³/mol. The second kappa shape index (κ2) is 5.97. The van der Waals surface area contributed by atoms with Crippen LogP contribution < -0.4 is 10.6 Å². The van der Waals surface area contributed by atoms with Crippen molar-refractivity contribution in [3.63, 3.8) is 0 Å². The lowest BCUT2D eigenvalue weighted by molar-refractivity contribution is -0.135. The first-order valence-corrected chi connectivity index (χ1v) is 7.25. The number of nitrogens with one attached hydrogen (secondary N) is 2. The highest BCUT2D eigenvalue weighted by Crippen LogP contribution is 2.24. The van der Waals surface area contributed by atoms with E-state index in [4.69, 9.17) is 11.6 Å². The predicted octanol–water partition coefficient (Wildman–Crippen LogP) is 1.88. The summed E-state index contributed by atoms with van der Waals surface area (Å²) < 4.78 is 0. The monoisotopic (exact) mass is 296 g/mol. The minimum absolute atomic E-state index is 0.0442. The molecule has 0 unspecified atom stereocenters. The Labute approximate surface area is 124 Å². The Bertz CT molecular complexity index is 504. The number of hydrogen-bond acceptors (Lipinski definition) is 4. The Balaban J connectivity index is 2.20. The number of aromatic nitrogens is 1. The fourth-order valence-electron chi connectivity index (χ4n) is 2.28. The number of amides is 1. The zero-order valence-corrected chi connectivity index (χ0v) is 12.9. The normalized spacial score (nSPS) is 18.7. The van der Waals surface area contributed by atoms with Crippen molar-refractivity contribution in [3.8, 4) is 0 Å². The van der Waals surface area contributed by atoms with Crippen LogP contribution in [0.5, 0.6) is 0 Å². The molecule has 0 aromatic carbocycles. The number of anilines is 1. The Hall–Kier alpha value is -1.33. The molecule has 0 radical (unpaired) electrons. The highest BCUT2D eigenvalue weighted by atomic mass is 35.5. The third-order valence-corrected chi connectivity index (χ3v) is 3.97. The summed E-state index contributed by atoms with van der Waals surface area (Å²) >= 11 is 6.23. The maximum Gasteiger partial charge on any atom is 0.240 e. The molecule has 2 N–H and O–H groups in total. The fraction of sp³-hybridized carbons (Fsp3) is 0.571. The van der Waals surface area contributed by atoms with Crippen LogP contribution in [0.25, 0.3) is 0 Å². The topological polar surface area (TPSA) is 57.3 Å². The fourth-order valence-corrected chi connectivity index (χ4v) is 2.44. The van der Waals surface area contributed by atoms with E-state index in [1.165, 1.54) is 0 Å². The van der Waals surface area contributed by atoms with Crippen LogP contribution in [0.3, 0.4) is 0 Å². The van der Waals surface area contributed by atoms with E-state index < -0.39 is 5.54 Å². The van der Waals surface area contributed by atoms with Gasteiger partial charge in [-0.25, -0.2) is 4.98 Å². The molecule has 0 saturated carbocycles. The molecular weight excluding hydrogens is 276 g/mol. The van der Waals surface area contributed by atoms with Crippen LogP contribution in [0.4, 0.5) is 5.82 Å². The summed E-state index contributed by atoms with van der Waals surface area (Å²) in [4.78, 5) is 18.6. The van der Waals surface area contributed by atoms with Crippen LogP contribution in [-0.2, 0) is 11.3 Å².